The van der Waals surface area contributed by atoms with Gasteiger partial charge in [0.2, 0.25) is 5.91 Å². The van der Waals surface area contributed by atoms with Crippen molar-refractivity contribution >= 4 is 11.9 Å². The Hall–Kier alpha value is -1.66. The Labute approximate surface area is 481 Å². The molecule has 3 N–H and O–H groups in total. The van der Waals surface area contributed by atoms with E-state index in [9.17, 15) is 19.8 Å². The van der Waals surface area contributed by atoms with Crippen molar-refractivity contribution < 1.29 is 24.5 Å². The number of carbonyl (C=O) groups is 2. The second-order valence-electron chi connectivity index (χ2n) is 24.2. The number of nitrogens with one attached hydrogen (secondary N) is 1. The summed E-state index contributed by atoms with van der Waals surface area (Å²) in [5.74, 6) is -0.0213. The van der Waals surface area contributed by atoms with Gasteiger partial charge in [-0.15, -0.1) is 0 Å². The molecule has 0 bridgehead atoms. The number of hydrogen-bond acceptors (Lipinski definition) is 5. The van der Waals surface area contributed by atoms with Gasteiger partial charge in [-0.05, 0) is 57.8 Å². The van der Waals surface area contributed by atoms with Gasteiger partial charge < -0.3 is 20.3 Å². The van der Waals surface area contributed by atoms with Crippen LogP contribution in [0.4, 0.5) is 0 Å². The third-order valence-electron chi connectivity index (χ3n) is 16.5. The molecule has 0 radical (unpaired) electrons. The molecule has 1 amide bonds. The molecule has 0 aliphatic heterocycles. The first kappa shape index (κ1) is 75.3. The van der Waals surface area contributed by atoms with E-state index in [0.29, 0.717) is 25.9 Å². The van der Waals surface area contributed by atoms with Crippen LogP contribution in [0.3, 0.4) is 0 Å². The Balaban J connectivity index is 3.36. The first-order valence-electron chi connectivity index (χ1n) is 35.1. The predicted octanol–water partition coefficient (Wildman–Crippen LogP) is 22.5. The smallest absolute Gasteiger partial charge is 0.305 e. The molecule has 6 heteroatoms. The highest BCUT2D eigenvalue weighted by molar-refractivity contribution is 5.76. The van der Waals surface area contributed by atoms with Crippen LogP contribution in [0.2, 0.25) is 0 Å². The van der Waals surface area contributed by atoms with Gasteiger partial charge in [0, 0.05) is 12.8 Å². The lowest BCUT2D eigenvalue weighted by atomic mass is 10.0. The average molecular weight is 1080 g/mol. The minimum atomic E-state index is -0.664. The molecular weight excluding hydrogens is 947 g/mol. The van der Waals surface area contributed by atoms with E-state index in [1.165, 1.54) is 308 Å². The fraction of sp³-hybridized carbons (Fsp3) is 0.915. The molecule has 0 rings (SSSR count). The lowest BCUT2D eigenvalue weighted by Crippen LogP contribution is -2.45. The summed E-state index contributed by atoms with van der Waals surface area (Å²) in [6.45, 7) is 4.96. The molecule has 0 aliphatic rings. The first-order chi connectivity index (χ1) is 38.0. The Morgan fingerprint density at radius 2 is 0.649 bits per heavy atom. The Morgan fingerprint density at radius 3 is 1.01 bits per heavy atom. The standard InChI is InChI=1S/C71H137NO5/c1-3-5-7-9-11-13-15-17-19-21-28-32-35-39-43-47-51-55-59-63-69(74)68(67-73)72-70(75)64-60-56-52-48-44-40-36-33-29-26-24-22-23-25-27-30-34-38-42-46-50-54-58-62-66-77-71(76)65-61-57-53-49-45-41-37-31-20-18-16-14-12-10-8-6-4-2/h12,14,18,20,68-69,73-74H,3-11,13,15-17,19,21-67H2,1-2H3,(H,72,75)/b14-12-,20-18-. The van der Waals surface area contributed by atoms with Crippen molar-refractivity contribution in [3.8, 4) is 0 Å². The molecule has 456 valence electrons. The minimum Gasteiger partial charge on any atom is -0.466 e. The highest BCUT2D eigenvalue weighted by atomic mass is 16.5. The maximum atomic E-state index is 12.5. The van der Waals surface area contributed by atoms with E-state index in [-0.39, 0.29) is 18.5 Å². The lowest BCUT2D eigenvalue weighted by Gasteiger charge is -2.22. The van der Waals surface area contributed by atoms with E-state index in [4.69, 9.17) is 4.74 Å². The van der Waals surface area contributed by atoms with Crippen molar-refractivity contribution in [2.75, 3.05) is 13.2 Å². The molecule has 0 aromatic carbocycles. The minimum absolute atomic E-state index is 0.00857. The molecule has 0 saturated heterocycles. The van der Waals surface area contributed by atoms with E-state index in [1.54, 1.807) is 0 Å². The van der Waals surface area contributed by atoms with Crippen molar-refractivity contribution in [2.24, 2.45) is 0 Å². The Morgan fingerprint density at radius 1 is 0.364 bits per heavy atom. The number of aliphatic hydroxyl groups excluding tert-OH is 2. The second kappa shape index (κ2) is 66.8. The number of rotatable bonds is 66. The van der Waals surface area contributed by atoms with Gasteiger partial charge >= 0.3 is 5.97 Å². The van der Waals surface area contributed by atoms with Crippen molar-refractivity contribution in [3.63, 3.8) is 0 Å². The molecule has 0 aliphatic carbocycles. The first-order valence-corrected chi connectivity index (χ1v) is 35.1. The molecule has 0 heterocycles. The van der Waals surface area contributed by atoms with Crippen LogP contribution in [-0.4, -0.2) is 47.4 Å². The van der Waals surface area contributed by atoms with Gasteiger partial charge in [0.1, 0.15) is 0 Å². The van der Waals surface area contributed by atoms with Gasteiger partial charge in [-0.25, -0.2) is 0 Å². The van der Waals surface area contributed by atoms with Gasteiger partial charge in [-0.2, -0.15) is 0 Å². The van der Waals surface area contributed by atoms with Crippen molar-refractivity contribution in [1.82, 2.24) is 5.32 Å². The molecule has 0 saturated carbocycles. The topological polar surface area (TPSA) is 95.9 Å². The summed E-state index contributed by atoms with van der Waals surface area (Å²) in [7, 11) is 0. The zero-order valence-electron chi connectivity index (χ0n) is 52.2. The summed E-state index contributed by atoms with van der Waals surface area (Å²) >= 11 is 0. The SMILES string of the molecule is CCCCC/C=C\C/C=C\CCCCCCCCCC(=O)OCCCCCCCCCCCCCCCCCCCCCCCCCCC(=O)NC(CO)C(O)CCCCCCCCCCCCCCCCCCCCC. The van der Waals surface area contributed by atoms with Crippen LogP contribution in [0.15, 0.2) is 24.3 Å². The van der Waals surface area contributed by atoms with E-state index >= 15 is 0 Å². The summed E-state index contributed by atoms with van der Waals surface area (Å²) in [5, 5.41) is 23.4. The Bertz CT molecular complexity index is 1200. The van der Waals surface area contributed by atoms with E-state index in [1.807, 2.05) is 0 Å². The molecule has 77 heavy (non-hydrogen) atoms. The van der Waals surface area contributed by atoms with E-state index in [0.717, 1.165) is 51.4 Å². The number of unbranched alkanes of at least 4 members (excludes halogenated alkanes) is 51. The van der Waals surface area contributed by atoms with Crippen LogP contribution in [0.5, 0.6) is 0 Å². The maximum absolute atomic E-state index is 12.5. The molecule has 2 atom stereocenters. The Kier molecular flexibility index (Phi) is 65.4. The molecule has 0 aromatic heterocycles. The molecule has 6 nitrogen and oxygen atoms in total. The maximum Gasteiger partial charge on any atom is 0.305 e. The molecule has 0 fully saturated rings. The molecule has 2 unspecified atom stereocenters. The number of aliphatic hydroxyl groups is 2. The van der Waals surface area contributed by atoms with Gasteiger partial charge in [0.05, 0.1) is 25.4 Å². The van der Waals surface area contributed by atoms with Crippen LogP contribution < -0.4 is 5.32 Å². The molecule has 0 aromatic rings. The second-order valence-corrected chi connectivity index (χ2v) is 24.2. The monoisotopic (exact) mass is 1080 g/mol. The highest BCUT2D eigenvalue weighted by Crippen LogP contribution is 2.19. The number of esters is 1. The van der Waals surface area contributed by atoms with E-state index in [2.05, 4.69) is 43.5 Å². The quantitative estimate of drug-likeness (QED) is 0.0320. The van der Waals surface area contributed by atoms with Gasteiger partial charge in [0.25, 0.3) is 0 Å². The third-order valence-corrected chi connectivity index (χ3v) is 16.5. The number of hydrogen-bond donors (Lipinski definition) is 3. The number of ether oxygens (including phenoxy) is 1. The van der Waals surface area contributed by atoms with Crippen LogP contribution in [0.25, 0.3) is 0 Å². The third kappa shape index (κ3) is 63.4. The van der Waals surface area contributed by atoms with Gasteiger partial charge in [-0.3, -0.25) is 9.59 Å². The summed E-state index contributed by atoms with van der Waals surface area (Å²) in [6.07, 6.45) is 83.6. The van der Waals surface area contributed by atoms with Crippen molar-refractivity contribution in [3.05, 3.63) is 24.3 Å². The van der Waals surface area contributed by atoms with Crippen LogP contribution in [0.1, 0.15) is 393 Å². The summed E-state index contributed by atoms with van der Waals surface area (Å²) in [6, 6.07) is -0.541. The predicted molar refractivity (Wildman–Crippen MR) is 338 cm³/mol. The molecule has 0 spiro atoms. The van der Waals surface area contributed by atoms with Gasteiger partial charge in [-0.1, -0.05) is 346 Å². The van der Waals surface area contributed by atoms with E-state index < -0.39 is 12.1 Å². The fourth-order valence-corrected chi connectivity index (χ4v) is 11.1. The zero-order valence-corrected chi connectivity index (χ0v) is 52.2. The van der Waals surface area contributed by atoms with Crippen LogP contribution in [0, 0.1) is 0 Å². The van der Waals surface area contributed by atoms with Gasteiger partial charge in [0.15, 0.2) is 0 Å². The number of carbonyl (C=O) groups excluding carboxylic acids is 2. The zero-order chi connectivity index (χ0) is 55.7. The summed E-state index contributed by atoms with van der Waals surface area (Å²) in [5.41, 5.74) is 0. The summed E-state index contributed by atoms with van der Waals surface area (Å²) < 4.78 is 5.50. The van der Waals surface area contributed by atoms with Crippen LogP contribution >= 0.6 is 0 Å². The summed E-state index contributed by atoms with van der Waals surface area (Å²) in [4.78, 5) is 24.6. The number of amides is 1. The number of allylic oxidation sites excluding steroid dienone is 4. The average Bonchev–Trinajstić information content (AvgIpc) is 3.43. The lowest BCUT2D eigenvalue weighted by molar-refractivity contribution is -0.143. The van der Waals surface area contributed by atoms with Crippen LogP contribution in [-0.2, 0) is 14.3 Å². The fourth-order valence-electron chi connectivity index (χ4n) is 11.1. The largest absolute Gasteiger partial charge is 0.466 e. The normalized spacial score (nSPS) is 12.6. The highest BCUT2D eigenvalue weighted by Gasteiger charge is 2.20. The van der Waals surface area contributed by atoms with Crippen molar-refractivity contribution in [1.29, 1.82) is 0 Å². The van der Waals surface area contributed by atoms with Crippen molar-refractivity contribution in [2.45, 2.75) is 405 Å². The molecular formula is C71H137NO5.